The molecule has 0 aromatic heterocycles. The van der Waals surface area contributed by atoms with Crippen LogP contribution in [0.5, 0.6) is 0 Å². The predicted octanol–water partition coefficient (Wildman–Crippen LogP) is 5.31. The van der Waals surface area contributed by atoms with Crippen LogP contribution in [-0.4, -0.2) is 82.3 Å². The molecule has 2 N–H and O–H groups in total. The largest absolute Gasteiger partial charge is 0.462 e. The average Bonchev–Trinajstić information content (AvgIpc) is 3.48. The molecule has 2 aliphatic rings. The van der Waals surface area contributed by atoms with Crippen LogP contribution in [0.3, 0.4) is 0 Å². The summed E-state index contributed by atoms with van der Waals surface area (Å²) in [5, 5.41) is 26.9. The zero-order chi connectivity index (χ0) is 39.8. The average molecular weight is 783 g/mol. The molecule has 294 valence electrons. The quantitative estimate of drug-likeness (QED) is 0.165. The molecule has 2 fully saturated rings. The van der Waals surface area contributed by atoms with E-state index < -0.39 is 75.0 Å². The van der Waals surface area contributed by atoms with Gasteiger partial charge in [0.05, 0.1) is 5.41 Å². The lowest BCUT2D eigenvalue weighted by molar-refractivity contribution is -0.273. The van der Waals surface area contributed by atoms with Gasteiger partial charge in [0.1, 0.15) is 43.2 Å². The van der Waals surface area contributed by atoms with Gasteiger partial charge >= 0.3 is 5.97 Å². The number of aliphatic hydroxyl groups is 2. The molecule has 4 aromatic carbocycles. The van der Waals surface area contributed by atoms with Crippen LogP contribution in [0.1, 0.15) is 62.3 Å². The van der Waals surface area contributed by atoms with Gasteiger partial charge in [-0.25, -0.2) is 0 Å². The number of esters is 1. The molecular formula is C45H58O8Si2. The first-order valence-electron chi connectivity index (χ1n) is 19.3. The zero-order valence-electron chi connectivity index (χ0n) is 33.6. The first-order valence-corrected chi connectivity index (χ1v) is 23.2. The van der Waals surface area contributed by atoms with Crippen LogP contribution in [0, 0.1) is 5.41 Å². The van der Waals surface area contributed by atoms with Crippen molar-refractivity contribution in [1.82, 2.24) is 0 Å². The van der Waals surface area contributed by atoms with Gasteiger partial charge in [0, 0.05) is 0 Å². The molecule has 7 atom stereocenters. The molecule has 2 saturated heterocycles. The maximum Gasteiger partial charge on any atom is 0.311 e. The predicted molar refractivity (Wildman–Crippen MR) is 221 cm³/mol. The molecule has 0 aliphatic carbocycles. The van der Waals surface area contributed by atoms with Crippen molar-refractivity contribution in [2.45, 2.75) is 115 Å². The molecule has 4 aromatic rings. The minimum absolute atomic E-state index is 0.118. The first kappa shape index (κ1) is 41.2. The maximum atomic E-state index is 13.3. The summed E-state index contributed by atoms with van der Waals surface area (Å²) in [4.78, 5) is 13.3. The van der Waals surface area contributed by atoms with E-state index >= 15 is 0 Å². The minimum atomic E-state index is -3.28. The van der Waals surface area contributed by atoms with Gasteiger partial charge in [-0.05, 0) is 51.6 Å². The summed E-state index contributed by atoms with van der Waals surface area (Å²) in [6.07, 6.45) is -7.50. The second kappa shape index (κ2) is 15.8. The molecule has 0 bridgehead atoms. The third kappa shape index (κ3) is 7.80. The number of ether oxygens (including phenoxy) is 3. The Morgan fingerprint density at radius 2 is 0.909 bits per heavy atom. The van der Waals surface area contributed by atoms with E-state index in [0.29, 0.717) is 0 Å². The van der Waals surface area contributed by atoms with Crippen molar-refractivity contribution < 1.29 is 38.1 Å². The molecule has 8 nitrogen and oxygen atoms in total. The molecule has 2 aliphatic heterocycles. The number of carbonyl (C=O) groups excluding carboxylic acids is 1. The maximum absolute atomic E-state index is 13.3. The fraction of sp³-hybridized carbons (Fsp3) is 0.444. The number of carbonyl (C=O) groups is 1. The highest BCUT2D eigenvalue weighted by Gasteiger charge is 2.63. The van der Waals surface area contributed by atoms with Gasteiger partial charge in [-0.15, -0.1) is 0 Å². The van der Waals surface area contributed by atoms with E-state index in [1.165, 1.54) is 0 Å². The fourth-order valence-corrected chi connectivity index (χ4v) is 17.8. The van der Waals surface area contributed by atoms with Crippen molar-refractivity contribution in [2.24, 2.45) is 5.41 Å². The van der Waals surface area contributed by atoms with Gasteiger partial charge in [0.2, 0.25) is 0 Å². The van der Waals surface area contributed by atoms with Crippen molar-refractivity contribution in [3.8, 4) is 0 Å². The number of hydrogen-bond donors (Lipinski definition) is 2. The monoisotopic (exact) mass is 782 g/mol. The Morgan fingerprint density at radius 3 is 1.25 bits per heavy atom. The summed E-state index contributed by atoms with van der Waals surface area (Å²) in [7, 11) is -6.52. The number of aliphatic hydroxyl groups excluding tert-OH is 2. The van der Waals surface area contributed by atoms with Gasteiger partial charge in [0.25, 0.3) is 16.6 Å². The molecular weight excluding hydrogens is 725 g/mol. The van der Waals surface area contributed by atoms with Gasteiger partial charge in [-0.1, -0.05) is 163 Å². The molecule has 0 spiro atoms. The summed E-state index contributed by atoms with van der Waals surface area (Å²) in [6, 6.07) is 40.9. The summed E-state index contributed by atoms with van der Waals surface area (Å²) < 4.78 is 34.5. The highest BCUT2D eigenvalue weighted by molar-refractivity contribution is 7.00. The zero-order valence-corrected chi connectivity index (χ0v) is 35.6. The summed E-state index contributed by atoms with van der Waals surface area (Å²) in [5.74, 6) is -0.378. The molecule has 2 heterocycles. The Labute approximate surface area is 329 Å². The molecule has 6 rings (SSSR count). The van der Waals surface area contributed by atoms with Gasteiger partial charge < -0.3 is 33.3 Å². The summed E-state index contributed by atoms with van der Waals surface area (Å²) >= 11 is 0. The van der Waals surface area contributed by atoms with Crippen LogP contribution in [-0.2, 0) is 27.9 Å². The molecule has 0 amide bonds. The van der Waals surface area contributed by atoms with Gasteiger partial charge in [-0.2, -0.15) is 0 Å². The Bertz CT molecular complexity index is 1780. The van der Waals surface area contributed by atoms with E-state index in [9.17, 15) is 15.0 Å². The van der Waals surface area contributed by atoms with Gasteiger partial charge in [-0.3, -0.25) is 4.79 Å². The Balaban J connectivity index is 1.51. The van der Waals surface area contributed by atoms with Crippen LogP contribution in [0.4, 0.5) is 0 Å². The topological polar surface area (TPSA) is 104 Å². The second-order valence-electron chi connectivity index (χ2n) is 18.0. The lowest BCUT2D eigenvalue weighted by Gasteiger charge is -2.50. The highest BCUT2D eigenvalue weighted by atomic mass is 28.4. The van der Waals surface area contributed by atoms with E-state index in [1.54, 1.807) is 0 Å². The smallest absolute Gasteiger partial charge is 0.311 e. The van der Waals surface area contributed by atoms with E-state index in [2.05, 4.69) is 90.1 Å². The Hall–Kier alpha value is -3.46. The molecule has 0 saturated carbocycles. The van der Waals surface area contributed by atoms with E-state index in [1.807, 2.05) is 93.6 Å². The first-order chi connectivity index (χ1) is 25.9. The summed E-state index contributed by atoms with van der Waals surface area (Å²) in [5.41, 5.74) is -0.752. The highest BCUT2D eigenvalue weighted by Crippen LogP contribution is 2.45. The van der Waals surface area contributed by atoms with Crippen LogP contribution >= 0.6 is 0 Å². The second-order valence-corrected chi connectivity index (χ2v) is 26.5. The lowest BCUT2D eigenvalue weighted by atomic mass is 9.96. The van der Waals surface area contributed by atoms with E-state index in [4.69, 9.17) is 23.1 Å². The van der Waals surface area contributed by atoms with E-state index in [-0.39, 0.29) is 12.6 Å². The normalized spacial score (nSPS) is 25.0. The third-order valence-electron chi connectivity index (χ3n) is 11.0. The van der Waals surface area contributed by atoms with Crippen LogP contribution < -0.4 is 20.7 Å². The third-order valence-corrected chi connectivity index (χ3v) is 21.1. The van der Waals surface area contributed by atoms with Crippen molar-refractivity contribution in [2.75, 3.05) is 6.61 Å². The van der Waals surface area contributed by atoms with Crippen LogP contribution in [0.2, 0.25) is 10.1 Å². The van der Waals surface area contributed by atoms with Crippen LogP contribution in [0.15, 0.2) is 121 Å². The summed E-state index contributed by atoms with van der Waals surface area (Å²) in [6.45, 7) is 18.4. The molecule has 0 radical (unpaired) electrons. The van der Waals surface area contributed by atoms with Crippen molar-refractivity contribution in [3.63, 3.8) is 0 Å². The standard InChI is InChI=1S/C45H58O8Si2/c1-43(2,3)42(48)49-30-35-37(52-54(44(4,5)6,31-22-14-10-15-23-31)32-24-16-11-17-25-32)39-40(50-35)38(36(46)41(47)51-39)53-55(45(7,8)9,33-26-18-12-19-27-33)34-28-20-13-21-29-34/h10-29,35-41,46-47H,30H2,1-9H3/t35-,36-,37+,38+,39+,40+,41?/m1/s1. The number of hydrogen-bond acceptors (Lipinski definition) is 8. The van der Waals surface area contributed by atoms with Crippen molar-refractivity contribution in [1.29, 1.82) is 0 Å². The van der Waals surface area contributed by atoms with Crippen molar-refractivity contribution in [3.05, 3.63) is 121 Å². The van der Waals surface area contributed by atoms with Gasteiger partial charge in [0.15, 0.2) is 6.29 Å². The fourth-order valence-electron chi connectivity index (χ4n) is 8.35. The lowest BCUT2D eigenvalue weighted by Crippen LogP contribution is -2.72. The molecule has 10 heteroatoms. The number of rotatable bonds is 10. The Morgan fingerprint density at radius 1 is 0.564 bits per heavy atom. The Kier molecular flexibility index (Phi) is 11.8. The molecule has 55 heavy (non-hydrogen) atoms. The van der Waals surface area contributed by atoms with E-state index in [0.717, 1.165) is 20.7 Å². The molecule has 1 unspecified atom stereocenters. The number of fused-ring (bicyclic) bond motifs is 1. The SMILES string of the molecule is CC(C)(C)C(=O)OC[C@H]1O[C@@H]2[C@@H](OC(O)[C@H](O)[C@@H]2O[Si](c2ccccc2)(c2ccccc2)C(C)(C)C)[C@H]1O[Si](c1ccccc1)(c1ccccc1)C(C)(C)C. The minimum Gasteiger partial charge on any atom is -0.462 e. The van der Waals surface area contributed by atoms with Crippen LogP contribution in [0.25, 0.3) is 0 Å². The van der Waals surface area contributed by atoms with Crippen molar-refractivity contribution >= 4 is 43.4 Å². The number of benzene rings is 4.